The fraction of sp³-hybridized carbons (Fsp3) is 0.385. The van der Waals surface area contributed by atoms with Crippen LogP contribution in [0.15, 0.2) is 24.3 Å². The fourth-order valence-electron chi connectivity index (χ4n) is 1.90. The molecular weight excluding hydrogens is 248 g/mol. The maximum Gasteiger partial charge on any atom is 0.341 e. The summed E-state index contributed by atoms with van der Waals surface area (Å²) in [7, 11) is 0. The maximum absolute atomic E-state index is 11.8. The number of benzene rings is 1. The number of carboxylic acid groups (broad SMARTS) is 1. The summed E-state index contributed by atoms with van der Waals surface area (Å²) in [6.07, 6.45) is 2.10. The molecule has 1 saturated heterocycles. The minimum atomic E-state index is -1.02. The number of carbonyl (C=O) groups is 2. The number of anilines is 1. The third-order valence-corrected chi connectivity index (χ3v) is 2.86. The van der Waals surface area contributed by atoms with Crippen LogP contribution in [0.4, 0.5) is 10.5 Å². The minimum Gasteiger partial charge on any atom is -0.482 e. The smallest absolute Gasteiger partial charge is 0.341 e. The van der Waals surface area contributed by atoms with Gasteiger partial charge in [-0.2, -0.15) is 0 Å². The third-order valence-electron chi connectivity index (χ3n) is 2.86. The van der Waals surface area contributed by atoms with Crippen molar-refractivity contribution in [3.8, 4) is 5.75 Å². The number of hydrogen-bond donors (Lipinski definition) is 2. The van der Waals surface area contributed by atoms with Crippen molar-refractivity contribution >= 4 is 17.7 Å². The molecule has 6 heteroatoms. The molecule has 1 heterocycles. The van der Waals surface area contributed by atoms with E-state index in [1.54, 1.807) is 29.2 Å². The fourth-order valence-corrected chi connectivity index (χ4v) is 1.90. The van der Waals surface area contributed by atoms with E-state index in [4.69, 9.17) is 9.84 Å². The van der Waals surface area contributed by atoms with Crippen LogP contribution in [0.2, 0.25) is 0 Å². The van der Waals surface area contributed by atoms with Gasteiger partial charge < -0.3 is 20.1 Å². The van der Waals surface area contributed by atoms with Crippen LogP contribution in [0.25, 0.3) is 0 Å². The molecule has 2 rings (SSSR count). The van der Waals surface area contributed by atoms with E-state index in [1.165, 1.54) is 0 Å². The zero-order valence-corrected chi connectivity index (χ0v) is 10.5. The number of rotatable bonds is 4. The van der Waals surface area contributed by atoms with Gasteiger partial charge in [0.2, 0.25) is 0 Å². The molecule has 0 aromatic heterocycles. The van der Waals surface area contributed by atoms with Crippen molar-refractivity contribution in [1.82, 2.24) is 4.90 Å². The Morgan fingerprint density at radius 2 is 1.84 bits per heavy atom. The molecule has 0 aliphatic carbocycles. The predicted molar refractivity (Wildman–Crippen MR) is 69.4 cm³/mol. The largest absolute Gasteiger partial charge is 0.482 e. The Labute approximate surface area is 111 Å². The van der Waals surface area contributed by atoms with Crippen molar-refractivity contribution in [2.45, 2.75) is 12.8 Å². The van der Waals surface area contributed by atoms with Crippen molar-refractivity contribution in [1.29, 1.82) is 0 Å². The van der Waals surface area contributed by atoms with Gasteiger partial charge in [-0.15, -0.1) is 0 Å². The standard InChI is InChI=1S/C13H16N2O4/c16-12(17)9-19-11-5-3-10(4-6-11)14-13(18)15-7-1-2-8-15/h3-6H,1-2,7-9H2,(H,14,18)(H,16,17). The molecule has 0 radical (unpaired) electrons. The lowest BCUT2D eigenvalue weighted by atomic mass is 10.3. The molecule has 1 aromatic carbocycles. The zero-order chi connectivity index (χ0) is 13.7. The van der Waals surface area contributed by atoms with Gasteiger partial charge in [0, 0.05) is 18.8 Å². The lowest BCUT2D eigenvalue weighted by Crippen LogP contribution is -2.32. The summed E-state index contributed by atoms with van der Waals surface area (Å²) in [5, 5.41) is 11.3. The quantitative estimate of drug-likeness (QED) is 0.868. The molecule has 102 valence electrons. The van der Waals surface area contributed by atoms with E-state index >= 15 is 0 Å². The Morgan fingerprint density at radius 1 is 1.21 bits per heavy atom. The van der Waals surface area contributed by atoms with E-state index in [0.29, 0.717) is 11.4 Å². The number of likely N-dealkylation sites (tertiary alicyclic amines) is 1. The van der Waals surface area contributed by atoms with E-state index in [9.17, 15) is 9.59 Å². The van der Waals surface area contributed by atoms with Crippen molar-refractivity contribution < 1.29 is 19.4 Å². The number of amides is 2. The second kappa shape index (κ2) is 6.08. The molecule has 2 N–H and O–H groups in total. The van der Waals surface area contributed by atoms with Crippen LogP contribution in [0.3, 0.4) is 0 Å². The van der Waals surface area contributed by atoms with Crippen LogP contribution in [0, 0.1) is 0 Å². The lowest BCUT2D eigenvalue weighted by molar-refractivity contribution is -0.139. The molecule has 2 amide bonds. The highest BCUT2D eigenvalue weighted by molar-refractivity contribution is 5.89. The van der Waals surface area contributed by atoms with E-state index < -0.39 is 5.97 Å². The Morgan fingerprint density at radius 3 is 2.42 bits per heavy atom. The number of nitrogens with one attached hydrogen (secondary N) is 1. The Hall–Kier alpha value is -2.24. The number of ether oxygens (including phenoxy) is 1. The average Bonchev–Trinajstić information content (AvgIpc) is 2.92. The summed E-state index contributed by atoms with van der Waals surface area (Å²) < 4.78 is 5.00. The summed E-state index contributed by atoms with van der Waals surface area (Å²) in [4.78, 5) is 23.9. The van der Waals surface area contributed by atoms with Crippen LogP contribution < -0.4 is 10.1 Å². The number of nitrogens with zero attached hydrogens (tertiary/aromatic N) is 1. The Kier molecular flexibility index (Phi) is 4.22. The molecule has 0 atom stereocenters. The van der Waals surface area contributed by atoms with Crippen LogP contribution in [0.1, 0.15) is 12.8 Å². The molecule has 1 aliphatic heterocycles. The maximum atomic E-state index is 11.8. The predicted octanol–water partition coefficient (Wildman–Crippen LogP) is 1.78. The first-order valence-corrected chi connectivity index (χ1v) is 6.16. The van der Waals surface area contributed by atoms with Crippen LogP contribution in [-0.2, 0) is 4.79 Å². The zero-order valence-electron chi connectivity index (χ0n) is 10.5. The lowest BCUT2D eigenvalue weighted by Gasteiger charge is -2.16. The molecule has 1 fully saturated rings. The van der Waals surface area contributed by atoms with Gasteiger partial charge in [-0.1, -0.05) is 0 Å². The number of hydrogen-bond acceptors (Lipinski definition) is 3. The van der Waals surface area contributed by atoms with E-state index in [2.05, 4.69) is 5.32 Å². The number of aliphatic carboxylic acids is 1. The number of carboxylic acids is 1. The molecule has 0 unspecified atom stereocenters. The monoisotopic (exact) mass is 264 g/mol. The Balaban J connectivity index is 1.87. The SMILES string of the molecule is O=C(O)COc1ccc(NC(=O)N2CCCC2)cc1. The first-order valence-electron chi connectivity index (χ1n) is 6.16. The molecule has 1 aliphatic rings. The van der Waals surface area contributed by atoms with Gasteiger partial charge in [0.15, 0.2) is 6.61 Å². The van der Waals surface area contributed by atoms with Gasteiger partial charge >= 0.3 is 12.0 Å². The summed E-state index contributed by atoms with van der Waals surface area (Å²) in [6.45, 7) is 1.22. The third kappa shape index (κ3) is 3.87. The van der Waals surface area contributed by atoms with E-state index in [-0.39, 0.29) is 12.6 Å². The first-order chi connectivity index (χ1) is 9.15. The molecule has 0 saturated carbocycles. The van der Waals surface area contributed by atoms with Crippen molar-refractivity contribution in [2.24, 2.45) is 0 Å². The van der Waals surface area contributed by atoms with Gasteiger partial charge in [-0.05, 0) is 37.1 Å². The normalized spacial score (nSPS) is 14.2. The van der Waals surface area contributed by atoms with Crippen molar-refractivity contribution in [3.05, 3.63) is 24.3 Å². The number of urea groups is 1. The summed E-state index contributed by atoms with van der Waals surface area (Å²) in [5.74, 6) is -0.562. The van der Waals surface area contributed by atoms with Gasteiger partial charge in [0.05, 0.1) is 0 Å². The van der Waals surface area contributed by atoms with Gasteiger partial charge in [0.25, 0.3) is 0 Å². The van der Waals surface area contributed by atoms with E-state index in [1.807, 2.05) is 0 Å². The molecular formula is C13H16N2O4. The molecule has 0 spiro atoms. The average molecular weight is 264 g/mol. The molecule has 1 aromatic rings. The Bertz CT molecular complexity index is 452. The van der Waals surface area contributed by atoms with Crippen LogP contribution >= 0.6 is 0 Å². The van der Waals surface area contributed by atoms with Crippen LogP contribution in [-0.4, -0.2) is 41.7 Å². The number of carbonyl (C=O) groups excluding carboxylic acids is 1. The summed E-state index contributed by atoms with van der Waals surface area (Å²) in [5.41, 5.74) is 0.666. The molecule has 0 bridgehead atoms. The second-order valence-corrected chi connectivity index (χ2v) is 4.33. The second-order valence-electron chi connectivity index (χ2n) is 4.33. The molecule has 6 nitrogen and oxygen atoms in total. The van der Waals surface area contributed by atoms with Crippen molar-refractivity contribution in [3.63, 3.8) is 0 Å². The van der Waals surface area contributed by atoms with Crippen LogP contribution in [0.5, 0.6) is 5.75 Å². The van der Waals surface area contributed by atoms with E-state index in [0.717, 1.165) is 25.9 Å². The van der Waals surface area contributed by atoms with Gasteiger partial charge in [0.1, 0.15) is 5.75 Å². The minimum absolute atomic E-state index is 0.100. The highest BCUT2D eigenvalue weighted by Gasteiger charge is 2.17. The summed E-state index contributed by atoms with van der Waals surface area (Å²) in [6, 6.07) is 6.53. The summed E-state index contributed by atoms with van der Waals surface area (Å²) >= 11 is 0. The molecule has 19 heavy (non-hydrogen) atoms. The van der Waals surface area contributed by atoms with Crippen molar-refractivity contribution in [2.75, 3.05) is 25.0 Å². The first kappa shape index (κ1) is 13.2. The van der Waals surface area contributed by atoms with Gasteiger partial charge in [-0.25, -0.2) is 9.59 Å². The highest BCUT2D eigenvalue weighted by Crippen LogP contribution is 2.17. The highest BCUT2D eigenvalue weighted by atomic mass is 16.5. The van der Waals surface area contributed by atoms with Gasteiger partial charge in [-0.3, -0.25) is 0 Å². The topological polar surface area (TPSA) is 78.9 Å².